The first-order chi connectivity index (χ1) is 49.1. The van der Waals surface area contributed by atoms with Crippen LogP contribution in [0.25, 0.3) is 21.3 Å². The minimum absolute atomic E-state index is 0.00518. The monoisotopic (exact) mass is 1420 g/mol. The molecule has 102 heavy (non-hydrogen) atoms. The number of urea groups is 1. The number of imide groups is 1. The van der Waals surface area contributed by atoms with Crippen molar-refractivity contribution in [2.45, 2.75) is 148 Å². The molecule has 7 amide bonds. The van der Waals surface area contributed by atoms with E-state index in [1.54, 1.807) is 37.5 Å². The quantitative estimate of drug-likeness (QED) is 0.0179. The van der Waals surface area contributed by atoms with Gasteiger partial charge in [0.2, 0.25) is 5.91 Å². The van der Waals surface area contributed by atoms with Gasteiger partial charge in [0.25, 0.3) is 17.7 Å². The van der Waals surface area contributed by atoms with Gasteiger partial charge < -0.3 is 50.2 Å². The van der Waals surface area contributed by atoms with E-state index in [0.29, 0.717) is 123 Å². The van der Waals surface area contributed by atoms with Gasteiger partial charge in [-0.15, -0.1) is 0 Å². The Balaban J connectivity index is 0.583. The number of unbranched alkanes of at least 4 members (excludes halogenated alkanes) is 2. The molecule has 12 rings (SSSR count). The summed E-state index contributed by atoms with van der Waals surface area (Å²) < 4.78 is 27.2. The smallest absolute Gasteiger partial charge is 0.409 e. The van der Waals surface area contributed by atoms with Crippen molar-refractivity contribution in [2.24, 2.45) is 34.8 Å². The van der Waals surface area contributed by atoms with Crippen LogP contribution in [0.15, 0.2) is 97.2 Å². The van der Waals surface area contributed by atoms with Gasteiger partial charge in [-0.1, -0.05) is 80.1 Å². The number of carbonyl (C=O) groups is 9. The molecule has 0 spiro atoms. The molecule has 25 nitrogen and oxygen atoms in total. The summed E-state index contributed by atoms with van der Waals surface area (Å²) in [5.41, 5.74) is 11.7. The van der Waals surface area contributed by atoms with Crippen LogP contribution in [0.3, 0.4) is 0 Å². The zero-order valence-corrected chi connectivity index (χ0v) is 59.4. The number of carbonyl (C=O) groups excluding carboxylic acids is 8. The molecule has 3 aromatic carbocycles. The summed E-state index contributed by atoms with van der Waals surface area (Å²) in [6.07, 6.45) is 13.2. The standard InChI is InChI=1S/C76H93N11O14S/c1-48(2)58(38-55(88)13-6-5-9-28-86-66(90)24-25-67(86)91)70(93)80-61(16-11-27-78-72(77)96)63(89)37-50-18-20-51(21-19-50)45-100-74(97)84(4)30-31-98-32-33-99-34-35-101-76-41-52-36-53(42-76)40-75(39-52,46-76)47-87-49(3)59(43-79-87)56-22-23-65(82-68(56)71(94)95)85-29-26-54-12-10-14-57(60(54)44-85)69(92)83-73-81-62-15-7-8-17-64(62)102-73/h7-8,10,12,14-15,17-25,43,48,52-53,58,61H,5-6,9,11,13,16,26-42,44-47H2,1-4H3,(H,80,93)(H,94,95)(H3,77,78,96)(H,81,83,92)/t52?,53?,58-,61-,75?,76?/m0/s1. The highest BCUT2D eigenvalue weighted by atomic mass is 32.1. The Bertz CT molecular complexity index is 4030. The van der Waals surface area contributed by atoms with E-state index in [2.05, 4.69) is 25.6 Å². The molecule has 2 unspecified atom stereocenters. The summed E-state index contributed by atoms with van der Waals surface area (Å²) in [4.78, 5) is 129. The van der Waals surface area contributed by atoms with Crippen molar-refractivity contribution in [2.75, 3.05) is 76.5 Å². The first-order valence-corrected chi connectivity index (χ1v) is 36.4. The fraction of sp³-hybridized carbons (Fsp3) is 0.500. The predicted octanol–water partition coefficient (Wildman–Crippen LogP) is 9.80. The van der Waals surface area contributed by atoms with E-state index in [1.165, 1.54) is 39.7 Å². The molecule has 0 saturated heterocycles. The van der Waals surface area contributed by atoms with Crippen molar-refractivity contribution in [1.29, 1.82) is 0 Å². The highest BCUT2D eigenvalue weighted by Crippen LogP contribution is 2.63. The second-order valence-electron chi connectivity index (χ2n) is 28.4. The van der Waals surface area contributed by atoms with Gasteiger partial charge in [-0.3, -0.25) is 43.7 Å². The maximum atomic E-state index is 13.8. The minimum atomic E-state index is -1.13. The Morgan fingerprint density at radius 3 is 2.29 bits per heavy atom. The SMILES string of the molecule is Cc1c(-c2ccc(N3CCc4cccc(C(=O)Nc5nc6ccccc6s5)c4C3)nc2C(=O)O)cnn1CC12CC3CC(C1)CC(OCCOCCOCCN(C)C(=O)OCc1ccc(CC(=O)[C@H](CCCNC(N)=O)NC(=O)[C@@H](CC(=O)CCCCCN4C(=O)C=CC4=O)C(C)C)cc1)(C3)C2. The molecule has 0 radical (unpaired) electrons. The average molecular weight is 1420 g/mol. The molecule has 26 heteroatoms. The average Bonchev–Trinajstić information content (AvgIpc) is 0.891. The van der Waals surface area contributed by atoms with Gasteiger partial charge in [0.1, 0.15) is 18.2 Å². The number of ketones is 2. The molecule has 4 atom stereocenters. The molecule has 6 aromatic rings. The third-order valence-electron chi connectivity index (χ3n) is 20.6. The van der Waals surface area contributed by atoms with E-state index in [0.717, 1.165) is 64.7 Å². The number of likely N-dealkylation sites (N-methyl/N-ethyl adjacent to an activating group) is 1. The van der Waals surface area contributed by atoms with Gasteiger partial charge >= 0.3 is 18.1 Å². The number of aromatic nitrogens is 4. The largest absolute Gasteiger partial charge is 0.476 e. The van der Waals surface area contributed by atoms with E-state index in [4.69, 9.17) is 34.8 Å². The van der Waals surface area contributed by atoms with Crippen molar-refractivity contribution in [3.63, 3.8) is 0 Å². The molecule has 6 aliphatic rings. The Hall–Kier alpha value is -9.24. The lowest BCUT2D eigenvalue weighted by molar-refractivity contribution is -0.201. The third-order valence-corrected chi connectivity index (χ3v) is 21.6. The number of nitrogens with zero attached hydrogens (tertiary/aromatic N) is 7. The molecule has 6 N–H and O–H groups in total. The minimum Gasteiger partial charge on any atom is -0.476 e. The Morgan fingerprint density at radius 2 is 1.56 bits per heavy atom. The van der Waals surface area contributed by atoms with E-state index in [-0.39, 0.29) is 110 Å². The number of primary amides is 1. The number of aromatic carboxylic acids is 1. The Labute approximate surface area is 597 Å². The summed E-state index contributed by atoms with van der Waals surface area (Å²) in [5, 5.41) is 24.5. The number of hydrogen-bond acceptors (Lipinski definition) is 18. The van der Waals surface area contributed by atoms with E-state index >= 15 is 0 Å². The van der Waals surface area contributed by atoms with E-state index in [1.807, 2.05) is 80.3 Å². The van der Waals surface area contributed by atoms with Gasteiger partial charge in [0.15, 0.2) is 16.6 Å². The van der Waals surface area contributed by atoms with Crippen molar-refractivity contribution in [3.8, 4) is 11.1 Å². The second-order valence-corrected chi connectivity index (χ2v) is 29.5. The number of ether oxygens (including phenoxy) is 4. The molecule has 2 aliphatic heterocycles. The lowest BCUT2D eigenvalue weighted by atomic mass is 9.48. The summed E-state index contributed by atoms with van der Waals surface area (Å²) in [6, 6.07) is 22.7. The number of nitrogens with one attached hydrogen (secondary N) is 3. The fourth-order valence-electron chi connectivity index (χ4n) is 15.8. The maximum absolute atomic E-state index is 13.8. The number of benzene rings is 3. The molecule has 542 valence electrons. The van der Waals surface area contributed by atoms with Gasteiger partial charge in [0, 0.05) is 106 Å². The van der Waals surface area contributed by atoms with Gasteiger partial charge in [-0.25, -0.2) is 24.4 Å². The van der Waals surface area contributed by atoms with Crippen LogP contribution in [0.4, 0.5) is 20.5 Å². The van der Waals surface area contributed by atoms with Crippen LogP contribution >= 0.6 is 11.3 Å². The van der Waals surface area contributed by atoms with Crippen LogP contribution in [0.1, 0.15) is 146 Å². The Morgan fingerprint density at radius 1 is 0.824 bits per heavy atom. The molecule has 3 aromatic heterocycles. The van der Waals surface area contributed by atoms with Crippen LogP contribution in [0, 0.1) is 36.0 Å². The molecule has 5 heterocycles. The topological polar surface area (TPSA) is 326 Å². The Kier molecular flexibility index (Phi) is 24.4. The third kappa shape index (κ3) is 18.7. The number of anilines is 2. The first-order valence-electron chi connectivity index (χ1n) is 35.6. The molecule has 4 saturated carbocycles. The van der Waals surface area contributed by atoms with E-state index < -0.39 is 36.0 Å². The van der Waals surface area contributed by atoms with Crippen molar-refractivity contribution >= 4 is 85.8 Å². The van der Waals surface area contributed by atoms with Crippen LogP contribution in [0.5, 0.6) is 0 Å². The number of carboxylic acid groups (broad SMARTS) is 1. The van der Waals surface area contributed by atoms with Crippen LogP contribution < -0.4 is 26.6 Å². The van der Waals surface area contributed by atoms with Gasteiger partial charge in [-0.05, 0) is 153 Å². The highest BCUT2D eigenvalue weighted by Gasteiger charge is 2.58. The summed E-state index contributed by atoms with van der Waals surface area (Å²) >= 11 is 1.42. The van der Waals surface area contributed by atoms with Gasteiger partial charge in [-0.2, -0.15) is 5.10 Å². The summed E-state index contributed by atoms with van der Waals surface area (Å²) in [5.74, 6) is -2.11. The molecule has 4 bridgehead atoms. The number of nitrogens with two attached hydrogens (primary N) is 1. The summed E-state index contributed by atoms with van der Waals surface area (Å²) in [7, 11) is 1.63. The van der Waals surface area contributed by atoms with Crippen molar-refractivity contribution in [1.82, 2.24) is 40.2 Å². The number of hydrogen-bond donors (Lipinski definition) is 5. The summed E-state index contributed by atoms with van der Waals surface area (Å²) in [6.45, 7) is 9.96. The van der Waals surface area contributed by atoms with Crippen LogP contribution in [0.2, 0.25) is 0 Å². The van der Waals surface area contributed by atoms with Gasteiger partial charge in [0.05, 0.1) is 61.1 Å². The molecule has 4 fully saturated rings. The number of fused-ring (bicyclic) bond motifs is 2. The number of Topliss-reactive ketones (excluding diaryl/α,β-unsaturated/α-hetero) is 2. The fourth-order valence-corrected chi connectivity index (χ4v) is 16.6. The van der Waals surface area contributed by atoms with Crippen molar-refractivity contribution in [3.05, 3.63) is 136 Å². The number of amides is 7. The highest BCUT2D eigenvalue weighted by molar-refractivity contribution is 7.22. The molecule has 4 aliphatic carbocycles. The zero-order chi connectivity index (χ0) is 72.1. The number of pyridine rings is 1. The van der Waals surface area contributed by atoms with Crippen LogP contribution in [-0.4, -0.2) is 166 Å². The van der Waals surface area contributed by atoms with Crippen molar-refractivity contribution < 1.29 is 67.2 Å². The maximum Gasteiger partial charge on any atom is 0.409 e. The molecular formula is C76H93N11O14S. The normalized spacial score (nSPS) is 19.5. The number of carboxylic acids is 1. The first kappa shape index (κ1) is 74.0. The second kappa shape index (κ2) is 33.7. The number of para-hydroxylation sites is 1. The zero-order valence-electron chi connectivity index (χ0n) is 58.6. The van der Waals surface area contributed by atoms with E-state index in [9.17, 15) is 48.3 Å². The van der Waals surface area contributed by atoms with Crippen LogP contribution in [-0.2, 0) is 75.5 Å². The lowest BCUT2D eigenvalue weighted by Gasteiger charge is -2.61. The lowest BCUT2D eigenvalue weighted by Crippen LogP contribution is -2.58. The molecular weight excluding hydrogens is 1320 g/mol. The predicted molar refractivity (Wildman–Crippen MR) is 382 cm³/mol. The number of rotatable bonds is 37. The number of thiazole rings is 1.